The van der Waals surface area contributed by atoms with Crippen molar-refractivity contribution in [3.05, 3.63) is 106 Å². The van der Waals surface area contributed by atoms with Crippen molar-refractivity contribution in [2.24, 2.45) is 5.73 Å². The highest BCUT2D eigenvalue weighted by molar-refractivity contribution is 6.07. The second-order valence-corrected chi connectivity index (χ2v) is 11.3. The number of aliphatic carboxylic acids is 1. The second kappa shape index (κ2) is 13.3. The third-order valence-electron chi connectivity index (χ3n) is 7.97. The van der Waals surface area contributed by atoms with Gasteiger partial charge in [-0.25, -0.2) is 28.8 Å². The molecule has 4 aromatic carbocycles. The number of carboxylic acid groups (broad SMARTS) is 7. The molecule has 0 fully saturated rings. The largest absolute Gasteiger partial charge is 0.480 e. The molecular weight excluding hydrogens is 672 g/mol. The minimum atomic E-state index is -1.58. The van der Waals surface area contributed by atoms with Gasteiger partial charge in [-0.15, -0.1) is 0 Å². The van der Waals surface area contributed by atoms with E-state index in [1.54, 1.807) is 0 Å². The molecular formula is C35H24N2O14. The van der Waals surface area contributed by atoms with Crippen LogP contribution in [0, 0.1) is 0 Å². The first-order valence-electron chi connectivity index (χ1n) is 14.5. The summed E-state index contributed by atoms with van der Waals surface area (Å²) >= 11 is 0. The maximum Gasteiger partial charge on any atom is 0.335 e. The first-order valence-corrected chi connectivity index (χ1v) is 14.5. The Balaban J connectivity index is 1.99. The van der Waals surface area contributed by atoms with Crippen LogP contribution in [0.25, 0.3) is 44.4 Å². The van der Waals surface area contributed by atoms with Gasteiger partial charge in [0.05, 0.1) is 38.9 Å². The molecule has 0 amide bonds. The van der Waals surface area contributed by atoms with Crippen molar-refractivity contribution in [2.75, 3.05) is 0 Å². The second-order valence-electron chi connectivity index (χ2n) is 11.3. The molecule has 0 aliphatic rings. The van der Waals surface area contributed by atoms with Crippen LogP contribution in [0.3, 0.4) is 0 Å². The van der Waals surface area contributed by atoms with E-state index < -0.39 is 87.6 Å². The van der Waals surface area contributed by atoms with E-state index in [-0.39, 0.29) is 50.0 Å². The van der Waals surface area contributed by atoms with E-state index in [0.29, 0.717) is 0 Å². The van der Waals surface area contributed by atoms with Gasteiger partial charge in [0.25, 0.3) is 0 Å². The fourth-order valence-corrected chi connectivity index (χ4v) is 5.60. The average molecular weight is 697 g/mol. The van der Waals surface area contributed by atoms with Gasteiger partial charge in [0.15, 0.2) is 0 Å². The summed E-state index contributed by atoms with van der Waals surface area (Å²) < 4.78 is 0. The molecule has 16 heteroatoms. The lowest BCUT2D eigenvalue weighted by atomic mass is 9.90. The Kier molecular flexibility index (Phi) is 9.12. The number of aromatic carboxylic acids is 6. The Morgan fingerprint density at radius 2 is 0.843 bits per heavy atom. The number of fused-ring (bicyclic) bond motifs is 1. The molecule has 0 radical (unpaired) electrons. The van der Waals surface area contributed by atoms with Crippen LogP contribution >= 0.6 is 0 Å². The van der Waals surface area contributed by atoms with Crippen LogP contribution in [0.1, 0.15) is 67.7 Å². The summed E-state index contributed by atoms with van der Waals surface area (Å²) in [5, 5.41) is 68.3. The number of benzene rings is 4. The lowest BCUT2D eigenvalue weighted by Crippen LogP contribution is -2.32. The zero-order valence-electron chi connectivity index (χ0n) is 25.7. The number of H-pyrrole nitrogens is 1. The van der Waals surface area contributed by atoms with E-state index in [2.05, 4.69) is 4.98 Å². The minimum Gasteiger partial charge on any atom is -0.480 e. The molecule has 1 unspecified atom stereocenters. The van der Waals surface area contributed by atoms with Crippen molar-refractivity contribution in [3.8, 4) is 33.5 Å². The standard InChI is InChI=1S/C35H24N2O14/c36-26(35(50)51)12-25-24-11-14(13-1-17(29(38)39)7-18(2-13)30(40)41)10-23(15-3-19(31(42)43)8-20(4-15)32(44)45)28(24)37-27(25)16-5-21(33(46)47)9-22(6-16)34(48)49/h1-11,26,37H,12,36H2,(H,38,39)(H,40,41)(H,42,43)(H,44,45)(H,46,47)(H,48,49)(H,50,51). The van der Waals surface area contributed by atoms with Crippen LogP contribution in [0.2, 0.25) is 0 Å². The summed E-state index contributed by atoms with van der Waals surface area (Å²) in [7, 11) is 0. The normalized spacial score (nSPS) is 11.5. The summed E-state index contributed by atoms with van der Waals surface area (Å²) in [6, 6.07) is 10.8. The molecule has 1 heterocycles. The first kappa shape index (κ1) is 35.0. The number of aromatic amines is 1. The lowest BCUT2D eigenvalue weighted by molar-refractivity contribution is -0.138. The van der Waals surface area contributed by atoms with Gasteiger partial charge in [-0.1, -0.05) is 0 Å². The summed E-state index contributed by atoms with van der Waals surface area (Å²) in [6.45, 7) is 0. The van der Waals surface area contributed by atoms with Gasteiger partial charge in [0, 0.05) is 23.1 Å². The monoisotopic (exact) mass is 696 g/mol. The number of hydrogen-bond acceptors (Lipinski definition) is 8. The van der Waals surface area contributed by atoms with Crippen LogP contribution in [-0.4, -0.2) is 88.6 Å². The SMILES string of the molecule is NC(Cc1c(-c2cc(C(=O)O)cc(C(=O)O)c2)[nH]c2c(-c3cc(C(=O)O)cc(C(=O)O)c3)cc(-c3cc(C(=O)O)cc(C(=O)O)c3)cc12)C(=O)O. The van der Waals surface area contributed by atoms with Crippen LogP contribution in [-0.2, 0) is 11.2 Å². The third-order valence-corrected chi connectivity index (χ3v) is 7.97. The Morgan fingerprint density at radius 3 is 1.22 bits per heavy atom. The lowest BCUT2D eigenvalue weighted by Gasteiger charge is -2.13. The molecule has 10 N–H and O–H groups in total. The number of hydrogen-bond donors (Lipinski definition) is 9. The van der Waals surface area contributed by atoms with Gasteiger partial charge in [0.1, 0.15) is 6.04 Å². The molecule has 1 atom stereocenters. The van der Waals surface area contributed by atoms with Gasteiger partial charge in [-0.3, -0.25) is 4.79 Å². The van der Waals surface area contributed by atoms with Gasteiger partial charge in [-0.2, -0.15) is 0 Å². The molecule has 1 aromatic heterocycles. The number of aromatic nitrogens is 1. The molecule has 5 rings (SSSR count). The molecule has 0 aliphatic carbocycles. The quantitative estimate of drug-likeness (QED) is 0.0877. The molecule has 51 heavy (non-hydrogen) atoms. The Morgan fingerprint density at radius 1 is 0.490 bits per heavy atom. The van der Waals surface area contributed by atoms with Gasteiger partial charge < -0.3 is 46.5 Å². The topological polar surface area (TPSA) is 303 Å². The Hall–Kier alpha value is -7.33. The van der Waals surface area contributed by atoms with E-state index in [1.807, 2.05) is 0 Å². The average Bonchev–Trinajstić information content (AvgIpc) is 3.44. The maximum atomic E-state index is 12.0. The fourth-order valence-electron chi connectivity index (χ4n) is 5.60. The summed E-state index contributed by atoms with van der Waals surface area (Å²) in [5.41, 5.74) is 3.73. The van der Waals surface area contributed by atoms with E-state index in [9.17, 15) is 69.3 Å². The molecule has 0 bridgehead atoms. The Labute approximate surface area is 284 Å². The van der Waals surface area contributed by atoms with Crippen LogP contribution < -0.4 is 5.73 Å². The van der Waals surface area contributed by atoms with E-state index >= 15 is 0 Å². The Bertz CT molecular complexity index is 2280. The van der Waals surface area contributed by atoms with Crippen LogP contribution in [0.4, 0.5) is 0 Å². The highest BCUT2D eigenvalue weighted by Crippen LogP contribution is 2.41. The molecule has 5 aromatic rings. The fraction of sp³-hybridized carbons (Fsp3) is 0.0571. The zero-order chi connectivity index (χ0) is 37.5. The smallest absolute Gasteiger partial charge is 0.335 e. The first-order chi connectivity index (χ1) is 23.9. The maximum absolute atomic E-state index is 12.0. The number of rotatable bonds is 12. The van der Waals surface area contributed by atoms with Crippen molar-refractivity contribution in [1.82, 2.24) is 4.98 Å². The highest BCUT2D eigenvalue weighted by atomic mass is 16.4. The number of carbonyl (C=O) groups is 7. The van der Waals surface area contributed by atoms with Gasteiger partial charge in [0.2, 0.25) is 0 Å². The molecule has 0 aliphatic heterocycles. The van der Waals surface area contributed by atoms with Crippen molar-refractivity contribution in [1.29, 1.82) is 0 Å². The van der Waals surface area contributed by atoms with Gasteiger partial charge in [-0.05, 0) is 94.5 Å². The predicted molar refractivity (Wildman–Crippen MR) is 176 cm³/mol. The third kappa shape index (κ3) is 6.96. The number of nitrogens with one attached hydrogen (secondary N) is 1. The molecule has 0 saturated heterocycles. The van der Waals surface area contributed by atoms with Crippen molar-refractivity contribution in [3.63, 3.8) is 0 Å². The molecule has 258 valence electrons. The van der Waals surface area contributed by atoms with Gasteiger partial charge >= 0.3 is 41.8 Å². The molecule has 0 spiro atoms. The summed E-state index contributed by atoms with van der Waals surface area (Å²) in [4.78, 5) is 86.9. The predicted octanol–water partition coefficient (Wildman–Crippen LogP) is 4.31. The van der Waals surface area contributed by atoms with Crippen LogP contribution in [0.5, 0.6) is 0 Å². The van der Waals surface area contributed by atoms with Crippen LogP contribution in [0.15, 0.2) is 66.7 Å². The molecule has 16 nitrogen and oxygen atoms in total. The number of nitrogens with two attached hydrogens (primary N) is 1. The van der Waals surface area contributed by atoms with Crippen molar-refractivity contribution in [2.45, 2.75) is 12.5 Å². The van der Waals surface area contributed by atoms with Crippen molar-refractivity contribution >= 4 is 52.7 Å². The van der Waals surface area contributed by atoms with E-state index in [1.165, 1.54) is 12.1 Å². The number of carboxylic acids is 7. The summed E-state index contributed by atoms with van der Waals surface area (Å²) in [6.07, 6.45) is -0.460. The highest BCUT2D eigenvalue weighted by Gasteiger charge is 2.25. The minimum absolute atomic E-state index is 0.00376. The van der Waals surface area contributed by atoms with E-state index in [0.717, 1.165) is 54.6 Å². The van der Waals surface area contributed by atoms with E-state index in [4.69, 9.17) is 5.73 Å². The summed E-state index contributed by atoms with van der Waals surface area (Å²) in [5.74, 6) is -10.3. The zero-order valence-corrected chi connectivity index (χ0v) is 25.7. The van der Waals surface area contributed by atoms with Crippen molar-refractivity contribution < 1.29 is 69.3 Å². The molecule has 0 saturated carbocycles.